The zero-order chi connectivity index (χ0) is 9.56. The van der Waals surface area contributed by atoms with Crippen LogP contribution in [-0.2, 0) is 23.9 Å². The van der Waals surface area contributed by atoms with Gasteiger partial charge in [-0.1, -0.05) is 0 Å². The molecule has 0 spiro atoms. The largest absolute Gasteiger partial charge is 0.467 e. The smallest absolute Gasteiger partial charge is 0.340 e. The monoisotopic (exact) mass is 174 g/mol. The van der Waals surface area contributed by atoms with Crippen molar-refractivity contribution in [1.82, 2.24) is 5.32 Å². The highest BCUT2D eigenvalue weighted by Crippen LogP contribution is 1.89. The second kappa shape index (κ2) is 5.11. The number of ether oxygens (including phenoxy) is 2. The highest BCUT2D eigenvalue weighted by atomic mass is 16.5. The summed E-state index contributed by atoms with van der Waals surface area (Å²) in [4.78, 5) is 31.3. The Morgan fingerprint density at radius 1 is 1.25 bits per heavy atom. The molecule has 0 aromatic heterocycles. The van der Waals surface area contributed by atoms with E-state index >= 15 is 0 Å². The number of esters is 2. The van der Waals surface area contributed by atoms with Crippen LogP contribution < -0.4 is 5.32 Å². The Hall–Kier alpha value is -1.59. The van der Waals surface area contributed by atoms with Gasteiger partial charge in [-0.25, -0.2) is 9.59 Å². The van der Waals surface area contributed by atoms with Crippen LogP contribution in [0.5, 0.6) is 0 Å². The molecule has 0 aliphatic carbocycles. The molecular weight excluding hydrogens is 166 g/mol. The molecule has 0 aliphatic rings. The molecule has 0 saturated carbocycles. The van der Waals surface area contributed by atoms with E-state index in [1.54, 1.807) is 0 Å². The summed E-state index contributed by atoms with van der Waals surface area (Å²) in [5, 5.41) is 1.83. The lowest BCUT2D eigenvalue weighted by atomic mass is 10.3. The van der Waals surface area contributed by atoms with E-state index in [0.717, 1.165) is 14.2 Å². The first-order valence-corrected chi connectivity index (χ1v) is 2.95. The zero-order valence-electron chi connectivity index (χ0n) is 6.62. The van der Waals surface area contributed by atoms with Crippen LogP contribution in [0.25, 0.3) is 0 Å². The summed E-state index contributed by atoms with van der Waals surface area (Å²) >= 11 is 0. The molecule has 67 valence electrons. The van der Waals surface area contributed by atoms with Crippen molar-refractivity contribution in [2.24, 2.45) is 0 Å². The minimum Gasteiger partial charge on any atom is -0.467 e. The first-order chi connectivity index (χ1) is 5.67. The Kier molecular flexibility index (Phi) is 4.43. The van der Waals surface area contributed by atoms with Gasteiger partial charge in [-0.05, 0) is 0 Å². The third-order valence-corrected chi connectivity index (χ3v) is 1.08. The summed E-state index contributed by atoms with van der Waals surface area (Å²) in [6, 6.07) is -1.43. The van der Waals surface area contributed by atoms with Gasteiger partial charge in [-0.3, -0.25) is 4.79 Å². The predicted molar refractivity (Wildman–Crippen MR) is 36.6 cm³/mol. The molecule has 0 heterocycles. The first-order valence-electron chi connectivity index (χ1n) is 2.95. The maximum atomic E-state index is 10.7. The van der Waals surface area contributed by atoms with E-state index in [2.05, 4.69) is 9.47 Å². The van der Waals surface area contributed by atoms with Crippen molar-refractivity contribution in [3.8, 4) is 0 Å². The van der Waals surface area contributed by atoms with Crippen LogP contribution in [0, 0.1) is 0 Å². The Morgan fingerprint density at radius 3 is 1.92 bits per heavy atom. The van der Waals surface area contributed by atoms with Crippen molar-refractivity contribution < 1.29 is 23.9 Å². The molecule has 6 heteroatoms. The average molecular weight is 174 g/mol. The third kappa shape index (κ3) is 2.57. The first kappa shape index (κ1) is 10.4. The fourth-order valence-corrected chi connectivity index (χ4v) is 0.509. The van der Waals surface area contributed by atoms with Crippen LogP contribution in [0.3, 0.4) is 0 Å². The van der Waals surface area contributed by atoms with E-state index in [4.69, 9.17) is 0 Å². The number of hydrogen-bond donors (Lipinski definition) is 1. The zero-order valence-corrected chi connectivity index (χ0v) is 6.62. The molecule has 1 radical (unpaired) electrons. The third-order valence-electron chi connectivity index (χ3n) is 1.08. The van der Waals surface area contributed by atoms with Gasteiger partial charge in [0.2, 0.25) is 6.04 Å². The molecule has 0 aliphatic heterocycles. The molecular formula is C6H8NO5. The lowest BCUT2D eigenvalue weighted by Gasteiger charge is -2.09. The number of carbonyl (C=O) groups excluding carboxylic acids is 3. The lowest BCUT2D eigenvalue weighted by Crippen LogP contribution is -2.44. The van der Waals surface area contributed by atoms with Crippen LogP contribution in [0.2, 0.25) is 0 Å². The van der Waals surface area contributed by atoms with Gasteiger partial charge in [0.05, 0.1) is 14.2 Å². The summed E-state index contributed by atoms with van der Waals surface area (Å²) in [5.41, 5.74) is 0. The molecule has 0 unspecified atom stereocenters. The van der Waals surface area contributed by atoms with Crippen LogP contribution in [0.1, 0.15) is 0 Å². The molecule has 1 N–H and O–H groups in total. The Balaban J connectivity index is 4.31. The minimum atomic E-state index is -1.43. The molecule has 0 aromatic carbocycles. The normalized spacial score (nSPS) is 8.92. The summed E-state index contributed by atoms with van der Waals surface area (Å²) in [7, 11) is 2.18. The summed E-state index contributed by atoms with van der Waals surface area (Å²) < 4.78 is 8.41. The van der Waals surface area contributed by atoms with Crippen molar-refractivity contribution in [3.63, 3.8) is 0 Å². The second-order valence-electron chi connectivity index (χ2n) is 1.73. The van der Waals surface area contributed by atoms with Crippen molar-refractivity contribution in [2.75, 3.05) is 14.2 Å². The van der Waals surface area contributed by atoms with Crippen LogP contribution in [-0.4, -0.2) is 38.6 Å². The van der Waals surface area contributed by atoms with Gasteiger partial charge in [0, 0.05) is 0 Å². The van der Waals surface area contributed by atoms with E-state index in [1.807, 2.05) is 5.32 Å². The SMILES string of the molecule is COC(=O)C(N[C]=O)C(=O)OC. The molecule has 0 rings (SSSR count). The maximum absolute atomic E-state index is 10.7. The van der Waals surface area contributed by atoms with Crippen molar-refractivity contribution >= 4 is 18.3 Å². The summed E-state index contributed by atoms with van der Waals surface area (Å²) in [5.74, 6) is -1.80. The van der Waals surface area contributed by atoms with E-state index in [9.17, 15) is 14.4 Å². The van der Waals surface area contributed by atoms with E-state index in [1.165, 1.54) is 6.41 Å². The van der Waals surface area contributed by atoms with Crippen molar-refractivity contribution in [1.29, 1.82) is 0 Å². The van der Waals surface area contributed by atoms with Crippen molar-refractivity contribution in [2.45, 2.75) is 6.04 Å². The van der Waals surface area contributed by atoms with Crippen molar-refractivity contribution in [3.05, 3.63) is 0 Å². The average Bonchev–Trinajstić information content (AvgIpc) is 2.11. The van der Waals surface area contributed by atoms with E-state index in [0.29, 0.717) is 0 Å². The summed E-state index contributed by atoms with van der Waals surface area (Å²) in [6.07, 6.45) is 1.20. The molecule has 0 bridgehead atoms. The standard InChI is InChI=1S/C6H8NO5/c1-11-5(9)4(7-3-8)6(10)12-2/h4H,1-2H3,(H,7,8). The Bertz CT molecular complexity index is 174. The molecule has 0 fully saturated rings. The number of methoxy groups -OCH3 is 2. The topological polar surface area (TPSA) is 81.7 Å². The number of nitrogens with one attached hydrogen (secondary N) is 1. The predicted octanol–water partition coefficient (Wildman–Crippen LogP) is -1.64. The van der Waals surface area contributed by atoms with Crippen LogP contribution in [0.4, 0.5) is 0 Å². The molecule has 12 heavy (non-hydrogen) atoms. The fourth-order valence-electron chi connectivity index (χ4n) is 0.509. The van der Waals surface area contributed by atoms with Gasteiger partial charge in [0.1, 0.15) is 0 Å². The van der Waals surface area contributed by atoms with Gasteiger partial charge in [0.15, 0.2) is 0 Å². The lowest BCUT2D eigenvalue weighted by molar-refractivity contribution is -0.154. The summed E-state index contributed by atoms with van der Waals surface area (Å²) in [6.45, 7) is 0. The van der Waals surface area contributed by atoms with Gasteiger partial charge >= 0.3 is 18.3 Å². The highest BCUT2D eigenvalue weighted by Gasteiger charge is 2.27. The Labute approximate surface area is 68.8 Å². The fraction of sp³-hybridized carbons (Fsp3) is 0.500. The minimum absolute atomic E-state index is 0.898. The quantitative estimate of drug-likeness (QED) is 0.314. The molecule has 0 aromatic rings. The van der Waals surface area contributed by atoms with Gasteiger partial charge in [-0.2, -0.15) is 0 Å². The molecule has 6 nitrogen and oxygen atoms in total. The van der Waals surface area contributed by atoms with Crippen LogP contribution in [0.15, 0.2) is 0 Å². The molecule has 0 atom stereocenters. The number of hydrogen-bond acceptors (Lipinski definition) is 5. The van der Waals surface area contributed by atoms with E-state index in [-0.39, 0.29) is 0 Å². The van der Waals surface area contributed by atoms with Crippen LogP contribution >= 0.6 is 0 Å². The second-order valence-corrected chi connectivity index (χ2v) is 1.73. The number of carbonyl (C=O) groups is 2. The molecule has 0 saturated heterocycles. The maximum Gasteiger partial charge on any atom is 0.340 e. The highest BCUT2D eigenvalue weighted by molar-refractivity contribution is 6.00. The number of amides is 1. The van der Waals surface area contributed by atoms with Gasteiger partial charge < -0.3 is 14.8 Å². The van der Waals surface area contributed by atoms with Gasteiger partial charge in [0.25, 0.3) is 0 Å². The Morgan fingerprint density at radius 2 is 1.67 bits per heavy atom. The van der Waals surface area contributed by atoms with Gasteiger partial charge in [-0.15, -0.1) is 0 Å². The number of rotatable bonds is 4. The molecule has 1 amide bonds. The van der Waals surface area contributed by atoms with E-state index < -0.39 is 18.0 Å².